The Kier molecular flexibility index (Phi) is 4.39. The first-order valence-corrected chi connectivity index (χ1v) is 12.4. The lowest BCUT2D eigenvalue weighted by Gasteiger charge is -2.27. The smallest absolute Gasteiger partial charge is 0.278 e. The minimum absolute atomic E-state index is 0.182. The number of aromatic nitrogens is 6. The molecule has 10 nitrogen and oxygen atoms in total. The zero-order valence-corrected chi connectivity index (χ0v) is 20.0. The molecule has 2 fully saturated rings. The number of fused-ring (bicyclic) bond motifs is 3. The van der Waals surface area contributed by atoms with E-state index >= 15 is 0 Å². The quantitative estimate of drug-likeness (QED) is 0.447. The molecule has 2 aliphatic carbocycles. The van der Waals surface area contributed by atoms with Crippen LogP contribution in [-0.4, -0.2) is 35.8 Å². The summed E-state index contributed by atoms with van der Waals surface area (Å²) in [6, 6.07) is 10.5. The molecule has 2 N–H and O–H groups in total. The molecule has 4 aromatic rings. The normalized spacial score (nSPS) is 18.6. The largest absolute Gasteiger partial charge is 0.324 e. The number of nitrogens with one attached hydrogen (secondary N) is 2. The highest BCUT2D eigenvalue weighted by molar-refractivity contribution is 5.77. The van der Waals surface area contributed by atoms with E-state index in [1.54, 1.807) is 27.8 Å². The van der Waals surface area contributed by atoms with Crippen LogP contribution in [-0.2, 0) is 23.9 Å². The van der Waals surface area contributed by atoms with Gasteiger partial charge in [0.25, 0.3) is 5.56 Å². The summed E-state index contributed by atoms with van der Waals surface area (Å²) >= 11 is 0. The molecule has 7 rings (SSSR count). The summed E-state index contributed by atoms with van der Waals surface area (Å²) in [6.45, 7) is 3.32. The van der Waals surface area contributed by atoms with Crippen LogP contribution in [0.3, 0.4) is 0 Å². The van der Waals surface area contributed by atoms with Crippen LogP contribution >= 0.6 is 0 Å². The molecule has 0 saturated heterocycles. The topological polar surface area (TPSA) is 126 Å². The number of nitriles is 1. The van der Waals surface area contributed by atoms with E-state index in [0.717, 1.165) is 31.5 Å². The Bertz CT molecular complexity index is 1640. The molecule has 10 heteroatoms. The third kappa shape index (κ3) is 3.09. The Hall–Kier alpha value is -4.10. The number of rotatable bonds is 5. The van der Waals surface area contributed by atoms with Crippen LogP contribution in [0, 0.1) is 11.3 Å². The summed E-state index contributed by atoms with van der Waals surface area (Å²) in [5.74, 6) is 1.41. The average Bonchev–Trinajstić information content (AvgIpc) is 3.83. The fourth-order valence-electron chi connectivity index (χ4n) is 5.39. The molecule has 1 spiro atoms. The van der Waals surface area contributed by atoms with Crippen LogP contribution < -0.4 is 16.2 Å². The van der Waals surface area contributed by atoms with Crippen LogP contribution in [0.5, 0.6) is 0 Å². The maximum Gasteiger partial charge on any atom is 0.278 e. The molecule has 3 aromatic heterocycles. The van der Waals surface area contributed by atoms with E-state index in [-0.39, 0.29) is 11.1 Å². The molecule has 0 amide bonds. The molecular weight excluding hydrogens is 454 g/mol. The Balaban J connectivity index is 1.30. The van der Waals surface area contributed by atoms with Crippen LogP contribution in [0.15, 0.2) is 41.5 Å². The fourth-order valence-corrected chi connectivity index (χ4v) is 5.39. The number of anilines is 2. The van der Waals surface area contributed by atoms with Gasteiger partial charge in [0.1, 0.15) is 10.8 Å². The van der Waals surface area contributed by atoms with E-state index in [2.05, 4.69) is 49.9 Å². The van der Waals surface area contributed by atoms with Gasteiger partial charge in [-0.1, -0.05) is 6.07 Å². The fraction of sp³-hybridized carbons (Fsp3) is 0.385. The Morgan fingerprint density at radius 1 is 1.17 bits per heavy atom. The van der Waals surface area contributed by atoms with Crippen LogP contribution in [0.4, 0.5) is 11.6 Å². The van der Waals surface area contributed by atoms with E-state index in [1.165, 1.54) is 24.0 Å². The van der Waals surface area contributed by atoms with Crippen molar-refractivity contribution in [3.8, 4) is 11.9 Å². The molecule has 0 unspecified atom stereocenters. The highest BCUT2D eigenvalue weighted by atomic mass is 16.1. The summed E-state index contributed by atoms with van der Waals surface area (Å²) in [5.41, 5.74) is 3.51. The third-order valence-electron chi connectivity index (χ3n) is 7.71. The maximum absolute atomic E-state index is 13.1. The molecule has 0 radical (unpaired) electrons. The van der Waals surface area contributed by atoms with Crippen molar-refractivity contribution in [1.29, 1.82) is 5.26 Å². The van der Waals surface area contributed by atoms with Gasteiger partial charge >= 0.3 is 0 Å². The van der Waals surface area contributed by atoms with E-state index in [4.69, 9.17) is 4.98 Å². The van der Waals surface area contributed by atoms with Gasteiger partial charge in [0.15, 0.2) is 17.3 Å². The maximum atomic E-state index is 13.1. The molecule has 36 heavy (non-hydrogen) atoms. The summed E-state index contributed by atoms with van der Waals surface area (Å²) in [4.78, 5) is 31.4. The van der Waals surface area contributed by atoms with Gasteiger partial charge in [-0.15, -0.1) is 0 Å². The van der Waals surface area contributed by atoms with E-state index in [9.17, 15) is 10.1 Å². The second-order valence-electron chi connectivity index (χ2n) is 9.95. The Morgan fingerprint density at radius 3 is 2.78 bits per heavy atom. The summed E-state index contributed by atoms with van der Waals surface area (Å²) in [6.07, 6.45) is 8.07. The van der Waals surface area contributed by atoms with E-state index in [0.29, 0.717) is 35.2 Å². The van der Waals surface area contributed by atoms with Crippen molar-refractivity contribution in [3.05, 3.63) is 64.0 Å². The molecule has 1 aromatic carbocycles. The predicted octanol–water partition coefficient (Wildman–Crippen LogP) is 2.83. The van der Waals surface area contributed by atoms with Gasteiger partial charge in [0.2, 0.25) is 5.95 Å². The first kappa shape index (κ1) is 21.2. The summed E-state index contributed by atoms with van der Waals surface area (Å²) in [5, 5.41) is 17.0. The van der Waals surface area contributed by atoms with Gasteiger partial charge in [-0.3, -0.25) is 4.79 Å². The van der Waals surface area contributed by atoms with Crippen LogP contribution in [0.2, 0.25) is 0 Å². The van der Waals surface area contributed by atoms with Crippen molar-refractivity contribution in [1.82, 2.24) is 34.6 Å². The van der Waals surface area contributed by atoms with Gasteiger partial charge < -0.3 is 10.6 Å². The molecule has 4 heterocycles. The first-order chi connectivity index (χ1) is 17.6. The lowest BCUT2D eigenvalue weighted by molar-refractivity contribution is 0.490. The highest BCUT2D eigenvalue weighted by Gasteiger charge is 2.48. The summed E-state index contributed by atoms with van der Waals surface area (Å²) in [7, 11) is 0. The monoisotopic (exact) mass is 479 g/mol. The van der Waals surface area contributed by atoms with Gasteiger partial charge in [-0.25, -0.2) is 24.3 Å². The van der Waals surface area contributed by atoms with E-state index < -0.39 is 5.41 Å². The lowest BCUT2D eigenvalue weighted by Crippen LogP contribution is -2.36. The second kappa shape index (κ2) is 7.45. The molecule has 0 atom stereocenters. The Labute approximate surface area is 207 Å². The van der Waals surface area contributed by atoms with Gasteiger partial charge in [-0.2, -0.15) is 10.2 Å². The molecule has 180 valence electrons. The molecule has 2 saturated carbocycles. The van der Waals surface area contributed by atoms with Crippen molar-refractivity contribution in [2.45, 2.75) is 56.5 Å². The zero-order valence-electron chi connectivity index (χ0n) is 20.0. The van der Waals surface area contributed by atoms with Crippen molar-refractivity contribution in [3.63, 3.8) is 0 Å². The lowest BCUT2D eigenvalue weighted by atomic mass is 9.92. The van der Waals surface area contributed by atoms with Crippen LogP contribution in [0.25, 0.3) is 16.9 Å². The zero-order chi connectivity index (χ0) is 24.5. The SMILES string of the molecule is CCn1c(=O)c2cnc(Nc3ccc4c(c3)CCNC43CC3)nc2n1-c1ccnc(C2(C#N)CC2)n1. The number of benzene rings is 1. The van der Waals surface area contributed by atoms with Gasteiger partial charge in [0.05, 0.1) is 6.07 Å². The van der Waals surface area contributed by atoms with Gasteiger partial charge in [0, 0.05) is 42.8 Å². The number of hydrogen-bond acceptors (Lipinski definition) is 8. The molecular formula is C26H25N9O. The standard InChI is InChI=1S/C26H25N9O/c1-2-34-22(36)18-14-29-24(31-17-3-4-19-16(13-17)5-12-30-26(19)9-10-26)33-21(18)35(34)20-6-11-28-23(32-20)25(15-27)7-8-25/h3-4,6,11,13-14,30H,2,5,7-10,12H2,1H3,(H,29,31,33). The Morgan fingerprint density at radius 2 is 2.03 bits per heavy atom. The van der Waals surface area contributed by atoms with Crippen molar-refractivity contribution >= 4 is 22.7 Å². The minimum Gasteiger partial charge on any atom is -0.324 e. The van der Waals surface area contributed by atoms with Crippen LogP contribution in [0.1, 0.15) is 49.6 Å². The predicted molar refractivity (Wildman–Crippen MR) is 133 cm³/mol. The third-order valence-corrected chi connectivity index (χ3v) is 7.71. The van der Waals surface area contributed by atoms with E-state index in [1.807, 2.05) is 6.92 Å². The van der Waals surface area contributed by atoms with Crippen molar-refractivity contribution in [2.24, 2.45) is 0 Å². The van der Waals surface area contributed by atoms with Crippen molar-refractivity contribution < 1.29 is 0 Å². The minimum atomic E-state index is -0.626. The highest BCUT2D eigenvalue weighted by Crippen LogP contribution is 2.49. The van der Waals surface area contributed by atoms with Crippen molar-refractivity contribution in [2.75, 3.05) is 11.9 Å². The molecule has 3 aliphatic rings. The first-order valence-electron chi connectivity index (χ1n) is 12.4. The molecule has 0 bridgehead atoms. The van der Waals surface area contributed by atoms with Gasteiger partial charge in [-0.05, 0) is 62.3 Å². The number of nitrogens with zero attached hydrogens (tertiary/aromatic N) is 7. The molecule has 1 aliphatic heterocycles. The second-order valence-corrected chi connectivity index (χ2v) is 9.95. The summed E-state index contributed by atoms with van der Waals surface area (Å²) < 4.78 is 3.29. The average molecular weight is 480 g/mol. The number of hydrogen-bond donors (Lipinski definition) is 2.